The first kappa shape index (κ1) is 22.3. The zero-order valence-electron chi connectivity index (χ0n) is 19.9. The summed E-state index contributed by atoms with van der Waals surface area (Å²) in [5.41, 5.74) is 4.43. The van der Waals surface area contributed by atoms with E-state index in [1.807, 2.05) is 42.5 Å². The maximum absolute atomic E-state index is 13.1. The van der Waals surface area contributed by atoms with E-state index in [4.69, 9.17) is 14.5 Å². The molecule has 1 atom stereocenters. The lowest BCUT2D eigenvalue weighted by molar-refractivity contribution is 0.167. The zero-order chi connectivity index (χ0) is 23.7. The Morgan fingerprint density at radius 3 is 2.68 bits per heavy atom. The van der Waals surface area contributed by atoms with E-state index in [1.54, 1.807) is 22.4 Å². The molecule has 0 N–H and O–H groups in total. The van der Waals surface area contributed by atoms with Crippen LogP contribution in [0, 0.1) is 5.92 Å². The van der Waals surface area contributed by atoms with Gasteiger partial charge in [0.05, 0.1) is 26.0 Å². The van der Waals surface area contributed by atoms with Crippen molar-refractivity contribution in [2.24, 2.45) is 13.0 Å². The highest BCUT2D eigenvalue weighted by atomic mass is 16.5. The molecule has 5 rings (SSSR count). The normalized spacial score (nSPS) is 15.9. The van der Waals surface area contributed by atoms with Gasteiger partial charge in [0.25, 0.3) is 0 Å². The molecule has 7 nitrogen and oxygen atoms in total. The minimum atomic E-state index is -0.111. The molecule has 0 aliphatic carbocycles. The molecule has 7 heteroatoms. The van der Waals surface area contributed by atoms with Crippen LogP contribution in [0.1, 0.15) is 37.3 Å². The van der Waals surface area contributed by atoms with Crippen LogP contribution in [0.5, 0.6) is 5.75 Å². The SMILES string of the molecule is CC(C)c1ccccc1-c1ncc2c(n1)n(Cc1ccc(OCC3CCOC3)cc1)c(=O)n2C. The van der Waals surface area contributed by atoms with Crippen LogP contribution in [-0.4, -0.2) is 38.9 Å². The highest BCUT2D eigenvalue weighted by molar-refractivity contribution is 5.74. The lowest BCUT2D eigenvalue weighted by Gasteiger charge is -2.12. The number of hydrogen-bond donors (Lipinski definition) is 0. The molecule has 3 heterocycles. The molecule has 1 unspecified atom stereocenters. The van der Waals surface area contributed by atoms with E-state index in [-0.39, 0.29) is 5.69 Å². The molecular formula is C27H30N4O3. The van der Waals surface area contributed by atoms with Crippen molar-refractivity contribution in [2.75, 3.05) is 19.8 Å². The van der Waals surface area contributed by atoms with Crippen molar-refractivity contribution in [2.45, 2.75) is 32.7 Å². The first-order chi connectivity index (χ1) is 16.5. The molecule has 2 aromatic carbocycles. The van der Waals surface area contributed by atoms with Crippen molar-refractivity contribution < 1.29 is 9.47 Å². The van der Waals surface area contributed by atoms with Gasteiger partial charge >= 0.3 is 5.69 Å². The Labute approximate surface area is 199 Å². The lowest BCUT2D eigenvalue weighted by Crippen LogP contribution is -2.22. The quantitative estimate of drug-likeness (QED) is 0.411. The Morgan fingerprint density at radius 1 is 1.15 bits per heavy atom. The van der Waals surface area contributed by atoms with Crippen LogP contribution in [0.4, 0.5) is 0 Å². The molecule has 176 valence electrons. The number of nitrogens with zero attached hydrogens (tertiary/aromatic N) is 4. The molecule has 1 fully saturated rings. The average molecular weight is 459 g/mol. The number of aromatic nitrogens is 4. The molecular weight excluding hydrogens is 428 g/mol. The minimum Gasteiger partial charge on any atom is -0.493 e. The summed E-state index contributed by atoms with van der Waals surface area (Å²) in [4.78, 5) is 22.5. The Hall–Kier alpha value is -3.45. The fourth-order valence-electron chi connectivity index (χ4n) is 4.46. The van der Waals surface area contributed by atoms with Gasteiger partial charge in [0.2, 0.25) is 0 Å². The molecule has 1 saturated heterocycles. The summed E-state index contributed by atoms with van der Waals surface area (Å²) in [7, 11) is 1.76. The Morgan fingerprint density at radius 2 is 1.94 bits per heavy atom. The summed E-state index contributed by atoms with van der Waals surface area (Å²) >= 11 is 0. The summed E-state index contributed by atoms with van der Waals surface area (Å²) in [6.07, 6.45) is 2.80. The topological polar surface area (TPSA) is 71.2 Å². The van der Waals surface area contributed by atoms with Gasteiger partial charge in [0.15, 0.2) is 11.5 Å². The summed E-state index contributed by atoms with van der Waals surface area (Å²) in [6.45, 7) is 7.00. The van der Waals surface area contributed by atoms with E-state index < -0.39 is 0 Å². The first-order valence-electron chi connectivity index (χ1n) is 11.8. The summed E-state index contributed by atoms with van der Waals surface area (Å²) < 4.78 is 14.6. The first-order valence-corrected chi connectivity index (χ1v) is 11.8. The van der Waals surface area contributed by atoms with Crippen LogP contribution >= 0.6 is 0 Å². The van der Waals surface area contributed by atoms with Crippen molar-refractivity contribution in [3.63, 3.8) is 0 Å². The standard InChI is InChI=1S/C27H30N4O3/c1-18(2)22-6-4-5-7-23(22)25-28-14-24-26(29-25)31(27(32)30(24)3)15-19-8-10-21(11-9-19)34-17-20-12-13-33-16-20/h4-11,14,18,20H,12-13,15-17H2,1-3H3. The van der Waals surface area contributed by atoms with Gasteiger partial charge in [-0.25, -0.2) is 14.8 Å². The fourth-order valence-corrected chi connectivity index (χ4v) is 4.46. The highest BCUT2D eigenvalue weighted by Crippen LogP contribution is 2.27. The monoisotopic (exact) mass is 458 g/mol. The molecule has 4 aromatic rings. The van der Waals surface area contributed by atoms with Gasteiger partial charge in [-0.05, 0) is 35.6 Å². The van der Waals surface area contributed by atoms with E-state index in [2.05, 4.69) is 24.9 Å². The van der Waals surface area contributed by atoms with E-state index >= 15 is 0 Å². The lowest BCUT2D eigenvalue weighted by atomic mass is 9.97. The molecule has 1 aliphatic heterocycles. The number of hydrogen-bond acceptors (Lipinski definition) is 5. The number of rotatable bonds is 7. The zero-order valence-corrected chi connectivity index (χ0v) is 19.9. The van der Waals surface area contributed by atoms with Crippen LogP contribution < -0.4 is 10.4 Å². The van der Waals surface area contributed by atoms with Gasteiger partial charge < -0.3 is 9.47 Å². The average Bonchev–Trinajstić information content (AvgIpc) is 3.46. The van der Waals surface area contributed by atoms with Crippen LogP contribution in [0.3, 0.4) is 0 Å². The van der Waals surface area contributed by atoms with Crippen molar-refractivity contribution in [1.29, 1.82) is 0 Å². The molecule has 0 saturated carbocycles. The number of benzene rings is 2. The van der Waals surface area contributed by atoms with Crippen molar-refractivity contribution in [1.82, 2.24) is 19.1 Å². The largest absolute Gasteiger partial charge is 0.493 e. The summed E-state index contributed by atoms with van der Waals surface area (Å²) in [5.74, 6) is 2.27. The second kappa shape index (κ2) is 9.43. The Kier molecular flexibility index (Phi) is 6.20. The summed E-state index contributed by atoms with van der Waals surface area (Å²) in [6, 6.07) is 16.1. The predicted molar refractivity (Wildman–Crippen MR) is 132 cm³/mol. The van der Waals surface area contributed by atoms with E-state index in [0.29, 0.717) is 36.5 Å². The molecule has 2 aromatic heterocycles. The molecule has 0 bridgehead atoms. The van der Waals surface area contributed by atoms with Crippen molar-refractivity contribution in [3.05, 3.63) is 76.3 Å². The van der Waals surface area contributed by atoms with Gasteiger partial charge in [-0.3, -0.25) is 9.13 Å². The maximum Gasteiger partial charge on any atom is 0.330 e. The smallest absolute Gasteiger partial charge is 0.330 e. The van der Waals surface area contributed by atoms with E-state index in [9.17, 15) is 4.79 Å². The third kappa shape index (κ3) is 4.35. The van der Waals surface area contributed by atoms with Crippen LogP contribution in [0.2, 0.25) is 0 Å². The van der Waals surface area contributed by atoms with Gasteiger partial charge in [-0.15, -0.1) is 0 Å². The number of imidazole rings is 1. The molecule has 34 heavy (non-hydrogen) atoms. The second-order valence-corrected chi connectivity index (χ2v) is 9.26. The van der Waals surface area contributed by atoms with E-state index in [1.165, 1.54) is 5.56 Å². The number of aryl methyl sites for hydroxylation is 1. The molecule has 1 aliphatic rings. The number of ether oxygens (including phenoxy) is 2. The van der Waals surface area contributed by atoms with Crippen molar-refractivity contribution >= 4 is 11.2 Å². The van der Waals surface area contributed by atoms with E-state index in [0.717, 1.165) is 42.0 Å². The van der Waals surface area contributed by atoms with Crippen LogP contribution in [-0.2, 0) is 18.3 Å². The van der Waals surface area contributed by atoms with Gasteiger partial charge in [-0.2, -0.15) is 0 Å². The third-order valence-electron chi connectivity index (χ3n) is 6.48. The third-order valence-corrected chi connectivity index (χ3v) is 6.48. The van der Waals surface area contributed by atoms with Crippen molar-refractivity contribution in [3.8, 4) is 17.1 Å². The maximum atomic E-state index is 13.1. The number of fused-ring (bicyclic) bond motifs is 1. The summed E-state index contributed by atoms with van der Waals surface area (Å²) in [5, 5.41) is 0. The minimum absolute atomic E-state index is 0.111. The Balaban J connectivity index is 1.43. The molecule has 0 radical (unpaired) electrons. The van der Waals surface area contributed by atoms with Gasteiger partial charge in [-0.1, -0.05) is 50.2 Å². The van der Waals surface area contributed by atoms with Gasteiger partial charge in [0, 0.05) is 25.1 Å². The second-order valence-electron chi connectivity index (χ2n) is 9.26. The van der Waals surface area contributed by atoms with Gasteiger partial charge in [0.1, 0.15) is 11.3 Å². The molecule has 0 amide bonds. The fraction of sp³-hybridized carbons (Fsp3) is 0.370. The van der Waals surface area contributed by atoms with Crippen LogP contribution in [0.15, 0.2) is 59.5 Å². The Bertz CT molecular complexity index is 1350. The van der Waals surface area contributed by atoms with Crippen LogP contribution in [0.25, 0.3) is 22.6 Å². The highest BCUT2D eigenvalue weighted by Gasteiger charge is 2.18. The molecule has 0 spiro atoms. The predicted octanol–water partition coefficient (Wildman–Crippen LogP) is 4.38.